The fraction of sp³-hybridized carbons (Fsp3) is 0.526. The van der Waals surface area contributed by atoms with Gasteiger partial charge in [0.2, 0.25) is 11.8 Å². The lowest BCUT2D eigenvalue weighted by Crippen LogP contribution is -2.61. The standard InChI is InChI=1S/C19H23F3N4O3/c1-10(2)6-14-17(28)26-9-13(8-15(26)16(27)25-14)24-18(29)23-12-5-3-4-11(7-12)19(20,21)22/h3-5,7,10,13-15H,6,8-9H2,1-2H3,(H,25,27)(H2,23,24,29)/t13-,14-,15-/m0/s1. The van der Waals surface area contributed by atoms with Crippen LogP contribution >= 0.6 is 0 Å². The number of piperazine rings is 1. The lowest BCUT2D eigenvalue weighted by Gasteiger charge is -2.35. The molecule has 3 atom stereocenters. The number of rotatable bonds is 4. The molecule has 1 aromatic carbocycles. The first kappa shape index (κ1) is 20.9. The normalized spacial score (nSPS) is 24.3. The molecule has 7 nitrogen and oxygen atoms in total. The van der Waals surface area contributed by atoms with Crippen LogP contribution in [0.1, 0.15) is 32.3 Å². The third-order valence-corrected chi connectivity index (χ3v) is 4.99. The maximum absolute atomic E-state index is 12.8. The van der Waals surface area contributed by atoms with E-state index in [-0.39, 0.29) is 36.4 Å². The molecule has 2 aliphatic heterocycles. The maximum Gasteiger partial charge on any atom is 0.416 e. The Kier molecular flexibility index (Phi) is 5.72. The highest BCUT2D eigenvalue weighted by Gasteiger charge is 2.46. The maximum atomic E-state index is 12.8. The van der Waals surface area contributed by atoms with E-state index in [1.54, 1.807) is 0 Å². The second-order valence-electron chi connectivity index (χ2n) is 7.81. The number of urea groups is 1. The van der Waals surface area contributed by atoms with Crippen LogP contribution < -0.4 is 16.0 Å². The van der Waals surface area contributed by atoms with Crippen molar-refractivity contribution in [1.82, 2.24) is 15.5 Å². The summed E-state index contributed by atoms with van der Waals surface area (Å²) >= 11 is 0. The number of hydrogen-bond acceptors (Lipinski definition) is 3. The Morgan fingerprint density at radius 1 is 1.31 bits per heavy atom. The number of benzene rings is 1. The summed E-state index contributed by atoms with van der Waals surface area (Å²) in [6, 6.07) is 1.91. The molecule has 1 aromatic rings. The number of nitrogens with zero attached hydrogens (tertiary/aromatic N) is 1. The minimum absolute atomic E-state index is 0.00105. The van der Waals surface area contributed by atoms with Gasteiger partial charge in [-0.15, -0.1) is 0 Å². The topological polar surface area (TPSA) is 90.5 Å². The molecule has 4 amide bonds. The highest BCUT2D eigenvalue weighted by molar-refractivity contribution is 5.98. The highest BCUT2D eigenvalue weighted by atomic mass is 19.4. The van der Waals surface area contributed by atoms with Crippen LogP contribution in [0.2, 0.25) is 0 Å². The third-order valence-electron chi connectivity index (χ3n) is 4.99. The number of anilines is 1. The van der Waals surface area contributed by atoms with Crippen LogP contribution in [0.5, 0.6) is 0 Å². The van der Waals surface area contributed by atoms with E-state index in [2.05, 4.69) is 16.0 Å². The Morgan fingerprint density at radius 3 is 2.69 bits per heavy atom. The Hall–Kier alpha value is -2.78. The van der Waals surface area contributed by atoms with E-state index in [1.165, 1.54) is 17.0 Å². The summed E-state index contributed by atoms with van der Waals surface area (Å²) in [6.07, 6.45) is -3.73. The molecule has 0 saturated carbocycles. The molecule has 0 aromatic heterocycles. The van der Waals surface area contributed by atoms with E-state index in [0.717, 1.165) is 12.1 Å². The highest BCUT2D eigenvalue weighted by Crippen LogP contribution is 2.30. The number of halogens is 3. The molecule has 10 heteroatoms. The zero-order valence-electron chi connectivity index (χ0n) is 16.0. The van der Waals surface area contributed by atoms with Gasteiger partial charge in [-0.1, -0.05) is 19.9 Å². The number of carbonyl (C=O) groups is 3. The van der Waals surface area contributed by atoms with Crippen molar-refractivity contribution in [2.45, 2.75) is 51.0 Å². The third kappa shape index (κ3) is 4.80. The van der Waals surface area contributed by atoms with Crippen LogP contribution in [0.25, 0.3) is 0 Å². The number of carbonyl (C=O) groups excluding carboxylic acids is 3. The molecule has 158 valence electrons. The van der Waals surface area contributed by atoms with Crippen molar-refractivity contribution in [2.75, 3.05) is 11.9 Å². The number of amides is 4. The van der Waals surface area contributed by atoms with E-state index in [9.17, 15) is 27.6 Å². The van der Waals surface area contributed by atoms with Crippen LogP contribution in [-0.2, 0) is 15.8 Å². The van der Waals surface area contributed by atoms with Crippen molar-refractivity contribution < 1.29 is 27.6 Å². The average molecular weight is 412 g/mol. The van der Waals surface area contributed by atoms with Gasteiger partial charge >= 0.3 is 12.2 Å². The second-order valence-corrected chi connectivity index (χ2v) is 7.81. The first-order valence-corrected chi connectivity index (χ1v) is 9.40. The first-order chi connectivity index (χ1) is 13.5. The van der Waals surface area contributed by atoms with Crippen molar-refractivity contribution in [1.29, 1.82) is 0 Å². The predicted octanol–water partition coefficient (Wildman–Crippen LogP) is 2.34. The summed E-state index contributed by atoms with van der Waals surface area (Å²) in [5.41, 5.74) is -0.870. The van der Waals surface area contributed by atoms with E-state index in [4.69, 9.17) is 0 Å². The van der Waals surface area contributed by atoms with E-state index in [1.807, 2.05) is 13.8 Å². The molecule has 0 radical (unpaired) electrons. The van der Waals surface area contributed by atoms with Crippen molar-refractivity contribution >= 4 is 23.5 Å². The molecule has 2 aliphatic rings. The number of alkyl halides is 3. The van der Waals surface area contributed by atoms with Crippen molar-refractivity contribution in [3.05, 3.63) is 29.8 Å². The molecular formula is C19H23F3N4O3. The predicted molar refractivity (Wildman–Crippen MR) is 98.9 cm³/mol. The Bertz CT molecular complexity index is 812. The number of nitrogens with one attached hydrogen (secondary N) is 3. The van der Waals surface area contributed by atoms with Gasteiger partial charge in [-0.2, -0.15) is 13.2 Å². The van der Waals surface area contributed by atoms with Gasteiger partial charge in [-0.25, -0.2) is 4.79 Å². The Morgan fingerprint density at radius 2 is 2.03 bits per heavy atom. The summed E-state index contributed by atoms with van der Waals surface area (Å²) < 4.78 is 38.3. The van der Waals surface area contributed by atoms with Gasteiger partial charge < -0.3 is 20.9 Å². The molecule has 0 spiro atoms. The molecule has 2 saturated heterocycles. The first-order valence-electron chi connectivity index (χ1n) is 9.40. The summed E-state index contributed by atoms with van der Waals surface area (Å²) in [4.78, 5) is 38.6. The van der Waals surface area contributed by atoms with Crippen molar-refractivity contribution in [3.63, 3.8) is 0 Å². The van der Waals surface area contributed by atoms with Crippen molar-refractivity contribution in [3.8, 4) is 0 Å². The van der Waals surface area contributed by atoms with E-state index in [0.29, 0.717) is 6.42 Å². The molecule has 2 heterocycles. The summed E-state index contributed by atoms with van der Waals surface area (Å²) in [6.45, 7) is 4.09. The van der Waals surface area contributed by atoms with E-state index >= 15 is 0 Å². The summed E-state index contributed by atoms with van der Waals surface area (Å²) in [5, 5.41) is 7.74. The second kappa shape index (κ2) is 7.92. The van der Waals surface area contributed by atoms with Crippen LogP contribution in [0.15, 0.2) is 24.3 Å². The molecule has 0 bridgehead atoms. The average Bonchev–Trinajstić information content (AvgIpc) is 3.03. The van der Waals surface area contributed by atoms with Gasteiger partial charge in [0.25, 0.3) is 0 Å². The fourth-order valence-corrected chi connectivity index (χ4v) is 3.72. The lowest BCUT2D eigenvalue weighted by atomic mass is 9.99. The Balaban J connectivity index is 1.60. The molecule has 3 N–H and O–H groups in total. The largest absolute Gasteiger partial charge is 0.416 e. The number of fused-ring (bicyclic) bond motifs is 1. The van der Waals surface area contributed by atoms with Crippen molar-refractivity contribution in [2.24, 2.45) is 5.92 Å². The molecule has 29 heavy (non-hydrogen) atoms. The Labute approximate surface area is 166 Å². The van der Waals surface area contributed by atoms with Gasteiger partial charge in [0, 0.05) is 12.2 Å². The molecule has 0 aliphatic carbocycles. The van der Waals surface area contributed by atoms with Gasteiger partial charge in [-0.3, -0.25) is 9.59 Å². The van der Waals surface area contributed by atoms with Crippen LogP contribution in [0.3, 0.4) is 0 Å². The zero-order valence-corrected chi connectivity index (χ0v) is 16.0. The fourth-order valence-electron chi connectivity index (χ4n) is 3.72. The lowest BCUT2D eigenvalue weighted by molar-refractivity contribution is -0.147. The van der Waals surface area contributed by atoms with Crippen LogP contribution in [0.4, 0.5) is 23.7 Å². The zero-order chi connectivity index (χ0) is 21.3. The van der Waals surface area contributed by atoms with Gasteiger partial charge in [0.15, 0.2) is 0 Å². The van der Waals surface area contributed by atoms with E-state index < -0.39 is 35.9 Å². The number of hydrogen-bond donors (Lipinski definition) is 3. The summed E-state index contributed by atoms with van der Waals surface area (Å²) in [5.74, 6) is -0.195. The summed E-state index contributed by atoms with van der Waals surface area (Å²) in [7, 11) is 0. The molecule has 3 rings (SSSR count). The van der Waals surface area contributed by atoms with Gasteiger partial charge in [-0.05, 0) is 37.0 Å². The minimum atomic E-state index is -4.51. The minimum Gasteiger partial charge on any atom is -0.342 e. The molecule has 0 unspecified atom stereocenters. The van der Waals surface area contributed by atoms with Crippen LogP contribution in [-0.4, -0.2) is 47.4 Å². The SMILES string of the molecule is CC(C)C[C@@H]1NC(=O)[C@@H]2C[C@H](NC(=O)Nc3cccc(C(F)(F)F)c3)CN2C1=O. The van der Waals surface area contributed by atoms with Gasteiger partial charge in [0.1, 0.15) is 12.1 Å². The molecule has 2 fully saturated rings. The van der Waals surface area contributed by atoms with Crippen LogP contribution in [0, 0.1) is 5.92 Å². The monoisotopic (exact) mass is 412 g/mol. The van der Waals surface area contributed by atoms with Gasteiger partial charge in [0.05, 0.1) is 11.6 Å². The quantitative estimate of drug-likeness (QED) is 0.709. The smallest absolute Gasteiger partial charge is 0.342 e. The molecular weight excluding hydrogens is 389 g/mol.